The number of hydrogen-bond donors (Lipinski definition) is 1. The second kappa shape index (κ2) is 7.72. The number of aromatic nitrogens is 6. The SMILES string of the molecule is Cc1c(C(=O)N2CCC(c3nc(C4CC4)n[nH]3)CC2)cnn1-c1ccc(C(F)(F)F)cn1. The van der Waals surface area contributed by atoms with Crippen molar-refractivity contribution in [3.63, 3.8) is 0 Å². The number of nitrogens with zero attached hydrogens (tertiary/aromatic N) is 6. The maximum Gasteiger partial charge on any atom is 0.417 e. The summed E-state index contributed by atoms with van der Waals surface area (Å²) in [6, 6.07) is 2.20. The third-order valence-electron chi connectivity index (χ3n) is 6.16. The van der Waals surface area contributed by atoms with Crippen LogP contribution in [0.2, 0.25) is 0 Å². The molecule has 0 aromatic carbocycles. The van der Waals surface area contributed by atoms with E-state index in [-0.39, 0.29) is 17.6 Å². The Morgan fingerprint density at radius 3 is 2.47 bits per heavy atom. The summed E-state index contributed by atoms with van der Waals surface area (Å²) in [5.41, 5.74) is 0.121. The Hall–Kier alpha value is -3.24. The minimum absolute atomic E-state index is 0.143. The van der Waals surface area contributed by atoms with Crippen LogP contribution in [0.3, 0.4) is 0 Å². The molecule has 0 bridgehead atoms. The highest BCUT2D eigenvalue weighted by atomic mass is 19.4. The number of aromatic amines is 1. The molecule has 3 aromatic rings. The number of hydrogen-bond acceptors (Lipinski definition) is 5. The Labute approximate surface area is 181 Å². The highest BCUT2D eigenvalue weighted by Gasteiger charge is 2.32. The van der Waals surface area contributed by atoms with Crippen LogP contribution in [-0.2, 0) is 6.18 Å². The van der Waals surface area contributed by atoms with Crippen molar-refractivity contribution in [1.29, 1.82) is 0 Å². The number of carbonyl (C=O) groups excluding carboxylic acids is 1. The fraction of sp³-hybridized carbons (Fsp3) is 0.476. The minimum Gasteiger partial charge on any atom is -0.338 e. The number of H-pyrrole nitrogens is 1. The van der Waals surface area contributed by atoms with Gasteiger partial charge < -0.3 is 4.90 Å². The predicted molar refractivity (Wildman–Crippen MR) is 107 cm³/mol. The van der Waals surface area contributed by atoms with Crippen molar-refractivity contribution < 1.29 is 18.0 Å². The van der Waals surface area contributed by atoms with Crippen LogP contribution < -0.4 is 0 Å². The first-order valence-corrected chi connectivity index (χ1v) is 10.6. The fourth-order valence-electron chi connectivity index (χ4n) is 4.05. The van der Waals surface area contributed by atoms with Crippen LogP contribution >= 0.6 is 0 Å². The lowest BCUT2D eigenvalue weighted by atomic mass is 9.95. The molecule has 0 unspecified atom stereocenters. The summed E-state index contributed by atoms with van der Waals surface area (Å²) < 4.78 is 39.7. The third kappa shape index (κ3) is 3.87. The lowest BCUT2D eigenvalue weighted by molar-refractivity contribution is -0.137. The summed E-state index contributed by atoms with van der Waals surface area (Å²) in [4.78, 5) is 23.3. The average molecular weight is 445 g/mol. The lowest BCUT2D eigenvalue weighted by Gasteiger charge is -2.31. The molecule has 8 nitrogen and oxygen atoms in total. The summed E-state index contributed by atoms with van der Waals surface area (Å²) >= 11 is 0. The normalized spacial score (nSPS) is 17.7. The number of nitrogens with one attached hydrogen (secondary N) is 1. The summed E-state index contributed by atoms with van der Waals surface area (Å²) in [7, 11) is 0. The molecule has 168 valence electrons. The van der Waals surface area contributed by atoms with Crippen molar-refractivity contribution in [2.24, 2.45) is 0 Å². The van der Waals surface area contributed by atoms with Gasteiger partial charge in [-0.05, 0) is 44.7 Å². The molecule has 1 saturated heterocycles. The highest BCUT2D eigenvalue weighted by Crippen LogP contribution is 2.38. The van der Waals surface area contributed by atoms with E-state index in [4.69, 9.17) is 0 Å². The van der Waals surface area contributed by atoms with Gasteiger partial charge in [-0.1, -0.05) is 0 Å². The van der Waals surface area contributed by atoms with E-state index in [2.05, 4.69) is 25.3 Å². The maximum atomic E-state index is 13.1. The number of carbonyl (C=O) groups is 1. The maximum absolute atomic E-state index is 13.1. The number of rotatable bonds is 4. The Bertz CT molecular complexity index is 1120. The van der Waals surface area contributed by atoms with E-state index >= 15 is 0 Å². The first kappa shape index (κ1) is 20.7. The Balaban J connectivity index is 1.25. The van der Waals surface area contributed by atoms with Gasteiger partial charge in [-0.15, -0.1) is 0 Å². The summed E-state index contributed by atoms with van der Waals surface area (Å²) in [6.07, 6.45) is 1.64. The van der Waals surface area contributed by atoms with Crippen LogP contribution in [0.4, 0.5) is 13.2 Å². The molecule has 4 heterocycles. The number of pyridine rings is 1. The fourth-order valence-corrected chi connectivity index (χ4v) is 4.05. The number of amides is 1. The smallest absolute Gasteiger partial charge is 0.338 e. The van der Waals surface area contributed by atoms with Crippen molar-refractivity contribution in [3.05, 3.63) is 53.0 Å². The zero-order valence-corrected chi connectivity index (χ0v) is 17.4. The summed E-state index contributed by atoms with van der Waals surface area (Å²) in [5, 5.41) is 11.6. The first-order valence-electron chi connectivity index (χ1n) is 10.6. The molecular formula is C21H22F3N7O. The standard InChI is InChI=1S/C21H22F3N7O/c1-12-16(11-26-31(12)17-5-4-15(10-25-17)21(22,23)24)20(32)30-8-6-14(7-9-30)19-27-18(28-29-19)13-2-3-13/h4-5,10-11,13-14H,2-3,6-9H2,1H3,(H,27,28,29). The zero-order chi connectivity index (χ0) is 22.5. The van der Waals surface area contributed by atoms with E-state index in [1.807, 2.05) is 0 Å². The molecule has 0 radical (unpaired) electrons. The number of likely N-dealkylation sites (tertiary alicyclic amines) is 1. The molecule has 1 aliphatic heterocycles. The van der Waals surface area contributed by atoms with Crippen LogP contribution in [0.15, 0.2) is 24.5 Å². The predicted octanol–water partition coefficient (Wildman–Crippen LogP) is 3.61. The highest BCUT2D eigenvalue weighted by molar-refractivity contribution is 5.95. The molecule has 5 rings (SSSR count). The molecule has 2 aliphatic rings. The summed E-state index contributed by atoms with van der Waals surface area (Å²) in [5.74, 6) is 2.63. The van der Waals surface area contributed by atoms with Gasteiger partial charge in [0.1, 0.15) is 5.82 Å². The van der Waals surface area contributed by atoms with Gasteiger partial charge in [-0.2, -0.15) is 23.4 Å². The monoisotopic (exact) mass is 445 g/mol. The lowest BCUT2D eigenvalue weighted by Crippen LogP contribution is -2.38. The van der Waals surface area contributed by atoms with Crippen LogP contribution in [0.5, 0.6) is 0 Å². The van der Waals surface area contributed by atoms with Crippen molar-refractivity contribution in [1.82, 2.24) is 34.8 Å². The topological polar surface area (TPSA) is 92.6 Å². The molecule has 3 aromatic heterocycles. The molecule has 1 saturated carbocycles. The van der Waals surface area contributed by atoms with Crippen LogP contribution in [0.25, 0.3) is 5.82 Å². The molecule has 1 aliphatic carbocycles. The molecule has 0 atom stereocenters. The second-order valence-electron chi connectivity index (χ2n) is 8.38. The van der Waals surface area contributed by atoms with Crippen molar-refractivity contribution >= 4 is 5.91 Å². The van der Waals surface area contributed by atoms with Gasteiger partial charge in [0.05, 0.1) is 23.0 Å². The molecule has 0 spiro atoms. The number of halogens is 3. The van der Waals surface area contributed by atoms with E-state index in [0.717, 1.165) is 49.6 Å². The van der Waals surface area contributed by atoms with Gasteiger partial charge in [0.25, 0.3) is 5.91 Å². The summed E-state index contributed by atoms with van der Waals surface area (Å²) in [6.45, 7) is 2.89. The van der Waals surface area contributed by atoms with Crippen molar-refractivity contribution in [2.75, 3.05) is 13.1 Å². The second-order valence-corrected chi connectivity index (χ2v) is 8.38. The molecule has 1 amide bonds. The minimum atomic E-state index is -4.46. The van der Waals surface area contributed by atoms with Crippen LogP contribution in [-0.4, -0.2) is 53.8 Å². The van der Waals surface area contributed by atoms with Crippen LogP contribution in [0.1, 0.15) is 70.8 Å². The average Bonchev–Trinajstić information content (AvgIpc) is 3.39. The van der Waals surface area contributed by atoms with Crippen molar-refractivity contribution in [3.8, 4) is 5.82 Å². The Morgan fingerprint density at radius 2 is 1.84 bits per heavy atom. The largest absolute Gasteiger partial charge is 0.417 e. The first-order chi connectivity index (χ1) is 15.3. The Kier molecular flexibility index (Phi) is 4.98. The Morgan fingerprint density at radius 1 is 1.09 bits per heavy atom. The van der Waals surface area contributed by atoms with Gasteiger partial charge in [-0.3, -0.25) is 9.89 Å². The van der Waals surface area contributed by atoms with E-state index in [9.17, 15) is 18.0 Å². The van der Waals surface area contributed by atoms with E-state index in [1.54, 1.807) is 11.8 Å². The van der Waals surface area contributed by atoms with E-state index < -0.39 is 11.7 Å². The van der Waals surface area contributed by atoms with Gasteiger partial charge in [0.2, 0.25) is 0 Å². The molecule has 1 N–H and O–H groups in total. The number of alkyl halides is 3. The van der Waals surface area contributed by atoms with Gasteiger partial charge >= 0.3 is 6.18 Å². The van der Waals surface area contributed by atoms with Gasteiger partial charge in [0.15, 0.2) is 11.6 Å². The van der Waals surface area contributed by atoms with Crippen LogP contribution in [0, 0.1) is 6.92 Å². The quantitative estimate of drug-likeness (QED) is 0.662. The van der Waals surface area contributed by atoms with E-state index in [0.29, 0.717) is 30.3 Å². The molecule has 2 fully saturated rings. The number of piperidine rings is 1. The third-order valence-corrected chi connectivity index (χ3v) is 6.16. The van der Waals surface area contributed by atoms with Gasteiger partial charge in [0, 0.05) is 31.1 Å². The zero-order valence-electron chi connectivity index (χ0n) is 17.4. The van der Waals surface area contributed by atoms with E-state index in [1.165, 1.54) is 16.9 Å². The molecule has 32 heavy (non-hydrogen) atoms. The van der Waals surface area contributed by atoms with Gasteiger partial charge in [-0.25, -0.2) is 14.6 Å². The molecule has 11 heteroatoms. The molecular weight excluding hydrogens is 423 g/mol. The van der Waals surface area contributed by atoms with Crippen molar-refractivity contribution in [2.45, 2.75) is 50.6 Å².